The molecule has 0 radical (unpaired) electrons. The summed E-state index contributed by atoms with van der Waals surface area (Å²) in [4.78, 5) is 118. The fourth-order valence-corrected chi connectivity index (χ4v) is 12.9. The van der Waals surface area contributed by atoms with Crippen LogP contribution in [0.4, 0.5) is 22.7 Å². The van der Waals surface area contributed by atoms with Gasteiger partial charge in [-0.1, -0.05) is 84.7 Å². The molecule has 8 aliphatic rings. The lowest BCUT2D eigenvalue weighted by Crippen LogP contribution is -2.61. The van der Waals surface area contributed by atoms with Gasteiger partial charge in [-0.25, -0.2) is 19.6 Å². The zero-order chi connectivity index (χ0) is 70.2. The number of hydrogen-bond donors (Lipinski definition) is 1. The van der Waals surface area contributed by atoms with Gasteiger partial charge in [0, 0.05) is 57.6 Å². The maximum Gasteiger partial charge on any atom is 0.355 e. The number of nitrogens with zero attached hydrogens (tertiary/aromatic N) is 12. The van der Waals surface area contributed by atoms with Crippen LogP contribution in [0.15, 0.2) is 198 Å². The highest BCUT2D eigenvalue weighted by atomic mass is 16.6. The van der Waals surface area contributed by atoms with Gasteiger partial charge in [0.25, 0.3) is 11.4 Å². The zero-order valence-corrected chi connectivity index (χ0v) is 53.1. The number of aromatic nitrogens is 2. The van der Waals surface area contributed by atoms with Crippen LogP contribution in [-0.2, 0) is 55.1 Å². The first-order chi connectivity index (χ1) is 48.2. The van der Waals surface area contributed by atoms with Crippen molar-refractivity contribution in [3.05, 3.63) is 264 Å². The van der Waals surface area contributed by atoms with E-state index in [9.17, 15) is 54.1 Å². The lowest BCUT2D eigenvalue weighted by Gasteiger charge is -2.45. The molecular formula is C71H54N12O17. The third-order valence-corrected chi connectivity index (χ3v) is 17.6. The van der Waals surface area contributed by atoms with Crippen molar-refractivity contribution in [1.82, 2.24) is 19.8 Å². The van der Waals surface area contributed by atoms with E-state index >= 15 is 0 Å². The molecule has 1 N–H and O–H groups in total. The molecule has 14 rings (SSSR count). The molecule has 0 aromatic heterocycles. The van der Waals surface area contributed by atoms with Crippen molar-refractivity contribution in [3.8, 4) is 34.4 Å². The van der Waals surface area contributed by atoms with Crippen molar-refractivity contribution in [2.24, 2.45) is 28.0 Å². The number of aliphatic hydroxyl groups is 1. The maximum absolute atomic E-state index is 13.6. The molecule has 29 heteroatoms. The monoisotopic (exact) mass is 1350 g/mol. The Morgan fingerprint density at radius 1 is 0.560 bits per heavy atom. The van der Waals surface area contributed by atoms with Gasteiger partial charge in [-0.15, -0.1) is 0 Å². The maximum atomic E-state index is 13.6. The molecule has 29 nitrogen and oxygen atoms in total. The summed E-state index contributed by atoms with van der Waals surface area (Å²) in [6, 6.07) is 39.7. The summed E-state index contributed by atoms with van der Waals surface area (Å²) in [5, 5.41) is 42.1. The number of nitro benzene ring substituents is 2. The highest BCUT2D eigenvalue weighted by molar-refractivity contribution is 6.08. The zero-order valence-electron chi connectivity index (χ0n) is 53.1. The number of benzene rings is 8. The minimum absolute atomic E-state index is 0.000141. The highest BCUT2D eigenvalue weighted by Crippen LogP contribution is 2.51. The molecule has 100 heavy (non-hydrogen) atoms. The van der Waals surface area contributed by atoms with Crippen LogP contribution >= 0.6 is 0 Å². The van der Waals surface area contributed by atoms with E-state index in [4.69, 9.17) is 38.8 Å². The van der Waals surface area contributed by atoms with E-state index in [1.54, 1.807) is 115 Å². The van der Waals surface area contributed by atoms with Crippen molar-refractivity contribution in [3.63, 3.8) is 0 Å². The number of fused-ring (bicyclic) bond motifs is 6. The van der Waals surface area contributed by atoms with E-state index in [1.165, 1.54) is 59.2 Å². The number of aliphatic hydroxyl groups excluding tert-OH is 1. The fourth-order valence-electron chi connectivity index (χ4n) is 12.9. The lowest BCUT2D eigenvalue weighted by atomic mass is 9.78. The number of hydrogen-bond acceptors (Lipinski definition) is 21. The van der Waals surface area contributed by atoms with Gasteiger partial charge in [-0.05, 0) is 131 Å². The molecule has 2 amide bonds. The molecule has 6 aromatic rings. The van der Waals surface area contributed by atoms with Gasteiger partial charge in [0.1, 0.15) is 71.7 Å². The van der Waals surface area contributed by atoms with Gasteiger partial charge in [0.15, 0.2) is 33.5 Å². The van der Waals surface area contributed by atoms with E-state index in [1.807, 2.05) is 13.8 Å². The Morgan fingerprint density at radius 2 is 0.970 bits per heavy atom. The molecule has 0 spiro atoms. The normalized spacial score (nSPS) is 17.0. The summed E-state index contributed by atoms with van der Waals surface area (Å²) in [6.45, 7) is 4.97. The van der Waals surface area contributed by atoms with E-state index < -0.39 is 45.8 Å². The number of rotatable bonds is 20. The molecule has 2 saturated heterocycles. The summed E-state index contributed by atoms with van der Waals surface area (Å²) in [5.74, 6) is -1.94. The molecule has 0 bridgehead atoms. The first kappa shape index (κ1) is 65.6. The molecule has 6 heterocycles. The summed E-state index contributed by atoms with van der Waals surface area (Å²) in [5.41, 5.74) is 23.0. The number of nitro groups is 2. The molecule has 2 fully saturated rings. The van der Waals surface area contributed by atoms with Crippen LogP contribution in [0.1, 0.15) is 67.0 Å². The lowest BCUT2D eigenvalue weighted by molar-refractivity contribution is -0.385. The molecule has 6 aliphatic heterocycles. The quantitative estimate of drug-likeness (QED) is 0.0108. The van der Waals surface area contributed by atoms with Crippen molar-refractivity contribution in [2.75, 3.05) is 0 Å². The van der Waals surface area contributed by atoms with Gasteiger partial charge in [0.2, 0.25) is 11.8 Å². The molecule has 6 aromatic carbocycles. The Hall–Kier alpha value is -13.1. The SMILES string of the molecule is CC(C)[C@H]1C(=O)N2C(C(=O)OCc3ccc(N=[N+]=[N-])cc3)=C(c3ccc(COc4ccc5nc6ccc(=O)cc-6oc5c4)cc3[N+](=O)[O-])C[C@H]12.C[C@@H](O)[C@H]1C(=O)N2C(C(=O)OCc3ccc(N=[N+]=[N-])cc3)=C(c3ccc(COc4ccc5nc6ccc(=O)cc-6oc5c4)cc3[N+](=O)[O-])C[C@H]12. The number of amides is 2. The summed E-state index contributed by atoms with van der Waals surface area (Å²) >= 11 is 0. The van der Waals surface area contributed by atoms with Crippen LogP contribution in [0.25, 0.3) is 77.1 Å². The highest BCUT2D eigenvalue weighted by Gasteiger charge is 2.58. The van der Waals surface area contributed by atoms with Crippen LogP contribution in [0, 0.1) is 38.0 Å². The Kier molecular flexibility index (Phi) is 17.8. The second-order valence-electron chi connectivity index (χ2n) is 24.3. The number of ether oxygens (including phenoxy) is 4. The van der Waals surface area contributed by atoms with Gasteiger partial charge >= 0.3 is 11.9 Å². The van der Waals surface area contributed by atoms with Gasteiger partial charge in [-0.3, -0.25) is 39.4 Å². The largest absolute Gasteiger partial charge is 0.489 e. The van der Waals surface area contributed by atoms with Crippen LogP contribution in [0.3, 0.4) is 0 Å². The van der Waals surface area contributed by atoms with Crippen molar-refractivity contribution < 1.29 is 61.9 Å². The van der Waals surface area contributed by atoms with E-state index in [0.29, 0.717) is 95.8 Å². The molecule has 0 unspecified atom stereocenters. The molecule has 2 aliphatic carbocycles. The second-order valence-corrected chi connectivity index (χ2v) is 24.3. The van der Waals surface area contributed by atoms with Crippen LogP contribution < -0.4 is 20.3 Å². The van der Waals surface area contributed by atoms with E-state index in [0.717, 1.165) is 0 Å². The number of carbonyl (C=O) groups excluding carboxylic acids is 4. The topological polar surface area (TPSA) is 402 Å². The first-order valence-electron chi connectivity index (χ1n) is 31.2. The number of carbonyl (C=O) groups is 4. The Morgan fingerprint density at radius 3 is 1.37 bits per heavy atom. The van der Waals surface area contributed by atoms with Gasteiger partial charge in [0.05, 0.1) is 51.0 Å². The number of β-lactam (4-membered cyclic amide) rings is 2. The Labute approximate surface area is 564 Å². The standard InChI is InChI=1S/C36H28N6O8.C35H26N6O9/c1-19(2)33-30-16-26(34(41(30)35(33)44)36(45)49-17-20-3-6-22(7-4-20)39-40-37)25-10-5-21(13-29(25)42(46)47)18-48-24-9-12-28-32(15-24)50-31-14-23(43)8-11-27(31)38-28;1-18(42)32-29-15-25(33(40(29)34(32)44)35(45)49-16-19-2-5-21(6-3-19)38-39-36)24-9-4-20(12-28(24)41(46)47)17-48-23-8-11-27-31(14-23)50-30-13-22(43)7-10-26(30)37-27/h3-15,19,30,33H,16-18H2,1-2H3;2-14,18,29,32,42H,15-17H2,1H3/t30-,33-;18-,29-,32-/m11/s1. The summed E-state index contributed by atoms with van der Waals surface area (Å²) in [6.07, 6.45) is -0.639. The average Bonchev–Trinajstić information content (AvgIpc) is 1.56. The van der Waals surface area contributed by atoms with E-state index in [2.05, 4.69) is 30.0 Å². The van der Waals surface area contributed by atoms with Crippen LogP contribution in [0.2, 0.25) is 0 Å². The molecular weight excluding hydrogens is 1290 g/mol. The van der Waals surface area contributed by atoms with Gasteiger partial charge in [-0.2, -0.15) is 0 Å². The first-order valence-corrected chi connectivity index (χ1v) is 31.2. The third-order valence-electron chi connectivity index (χ3n) is 17.6. The van der Waals surface area contributed by atoms with Crippen LogP contribution in [-0.4, -0.2) is 76.7 Å². The van der Waals surface area contributed by atoms with Crippen molar-refractivity contribution >= 4 is 79.8 Å². The third kappa shape index (κ3) is 12.9. The predicted octanol–water partition coefficient (Wildman–Crippen LogP) is 12.9. The number of esters is 2. The van der Waals surface area contributed by atoms with Crippen molar-refractivity contribution in [1.29, 1.82) is 0 Å². The summed E-state index contributed by atoms with van der Waals surface area (Å²) in [7, 11) is 0. The van der Waals surface area contributed by atoms with Crippen LogP contribution in [0.5, 0.6) is 11.5 Å². The predicted molar refractivity (Wildman–Crippen MR) is 357 cm³/mol. The molecule has 0 saturated carbocycles. The Bertz CT molecular complexity index is 4940. The minimum atomic E-state index is -0.994. The fraction of sp³-hybridized carbons (Fsp3) is 0.211. The molecule has 5 atom stereocenters. The molecule has 500 valence electrons. The van der Waals surface area contributed by atoms with Crippen molar-refractivity contribution in [2.45, 2.75) is 78.2 Å². The average molecular weight is 1350 g/mol. The smallest absolute Gasteiger partial charge is 0.355 e. The van der Waals surface area contributed by atoms with Gasteiger partial charge < -0.3 is 42.7 Å². The van der Waals surface area contributed by atoms with E-state index in [-0.39, 0.29) is 113 Å². The Balaban J connectivity index is 0.000000179. The summed E-state index contributed by atoms with van der Waals surface area (Å²) < 4.78 is 34.8. The second kappa shape index (κ2) is 27.2. The number of azide groups is 2. The minimum Gasteiger partial charge on any atom is -0.489 e.